The predicted octanol–water partition coefficient (Wildman–Crippen LogP) is 5.15. The fraction of sp³-hybridized carbons (Fsp3) is 0.263. The zero-order valence-corrected chi connectivity index (χ0v) is 11.7. The average molecular weight is 248 g/mol. The molecule has 2 aromatic rings. The minimum Gasteiger partial charge on any atom is -0.0620 e. The van der Waals surface area contributed by atoms with Crippen molar-refractivity contribution in [3.8, 4) is 0 Å². The predicted molar refractivity (Wildman–Crippen MR) is 82.3 cm³/mol. The highest BCUT2D eigenvalue weighted by molar-refractivity contribution is 5.85. The largest absolute Gasteiger partial charge is 0.0620 e. The van der Waals surface area contributed by atoms with E-state index in [9.17, 15) is 0 Å². The normalized spacial score (nSPS) is 14.4. The molecule has 0 saturated heterocycles. The summed E-state index contributed by atoms with van der Waals surface area (Å²) in [4.78, 5) is 0. The van der Waals surface area contributed by atoms with Gasteiger partial charge in [0.05, 0.1) is 0 Å². The molecule has 19 heavy (non-hydrogen) atoms. The lowest BCUT2D eigenvalue weighted by molar-refractivity contribution is 0.867. The fourth-order valence-electron chi connectivity index (χ4n) is 3.10. The lowest BCUT2D eigenvalue weighted by atomic mass is 9.81. The first-order valence-corrected chi connectivity index (χ1v) is 7.17. The van der Waals surface area contributed by atoms with Crippen LogP contribution in [-0.2, 0) is 6.42 Å². The maximum atomic E-state index is 2.31. The average Bonchev–Trinajstić information content (AvgIpc) is 2.46. The van der Waals surface area contributed by atoms with Crippen LogP contribution in [0.4, 0.5) is 0 Å². The molecule has 0 radical (unpaired) electrons. The Bertz CT molecular complexity index is 632. The van der Waals surface area contributed by atoms with E-state index in [1.807, 2.05) is 0 Å². The van der Waals surface area contributed by atoms with E-state index in [-0.39, 0.29) is 0 Å². The molecule has 0 fully saturated rings. The lowest BCUT2D eigenvalue weighted by Crippen LogP contribution is -2.06. The van der Waals surface area contributed by atoms with Crippen LogP contribution in [0.25, 0.3) is 5.57 Å². The number of benzene rings is 2. The Hall–Kier alpha value is -1.82. The number of hydrogen-bond donors (Lipinski definition) is 0. The molecule has 0 heteroatoms. The Morgan fingerprint density at radius 1 is 0.947 bits per heavy atom. The van der Waals surface area contributed by atoms with E-state index in [1.54, 1.807) is 5.57 Å². The summed E-state index contributed by atoms with van der Waals surface area (Å²) >= 11 is 0. The van der Waals surface area contributed by atoms with Gasteiger partial charge in [-0.25, -0.2) is 0 Å². The maximum absolute atomic E-state index is 2.31. The van der Waals surface area contributed by atoms with Crippen LogP contribution in [0.2, 0.25) is 0 Å². The van der Waals surface area contributed by atoms with Gasteiger partial charge in [0.1, 0.15) is 0 Å². The van der Waals surface area contributed by atoms with Crippen molar-refractivity contribution in [2.45, 2.75) is 33.1 Å². The first kappa shape index (κ1) is 12.2. The number of aryl methyl sites for hydroxylation is 2. The molecular formula is C19H20. The molecule has 1 aliphatic rings. The van der Waals surface area contributed by atoms with Crippen molar-refractivity contribution in [3.05, 3.63) is 76.4 Å². The minimum absolute atomic E-state index is 1.15. The third-order valence-electron chi connectivity index (χ3n) is 4.07. The Kier molecular flexibility index (Phi) is 3.25. The summed E-state index contributed by atoms with van der Waals surface area (Å²) in [5.41, 5.74) is 8.73. The molecule has 0 atom stereocenters. The molecule has 0 unspecified atom stereocenters. The van der Waals surface area contributed by atoms with Gasteiger partial charge in [-0.3, -0.25) is 0 Å². The van der Waals surface area contributed by atoms with Gasteiger partial charge in [-0.1, -0.05) is 66.6 Å². The van der Waals surface area contributed by atoms with Crippen molar-refractivity contribution < 1.29 is 0 Å². The number of hydrogen-bond acceptors (Lipinski definition) is 0. The Morgan fingerprint density at radius 2 is 1.79 bits per heavy atom. The van der Waals surface area contributed by atoms with E-state index < -0.39 is 0 Å². The first-order chi connectivity index (χ1) is 9.29. The molecule has 3 rings (SSSR count). The van der Waals surface area contributed by atoms with Gasteiger partial charge >= 0.3 is 0 Å². The van der Waals surface area contributed by atoms with E-state index in [1.165, 1.54) is 40.7 Å². The molecule has 0 aliphatic heterocycles. The van der Waals surface area contributed by atoms with E-state index in [4.69, 9.17) is 0 Å². The van der Waals surface area contributed by atoms with Crippen LogP contribution in [-0.4, -0.2) is 0 Å². The summed E-state index contributed by atoms with van der Waals surface area (Å²) in [7, 11) is 0. The Morgan fingerprint density at radius 3 is 2.58 bits per heavy atom. The van der Waals surface area contributed by atoms with Crippen molar-refractivity contribution in [2.75, 3.05) is 0 Å². The number of fused-ring (bicyclic) bond motifs is 1. The molecule has 0 spiro atoms. The fourth-order valence-corrected chi connectivity index (χ4v) is 3.10. The molecule has 0 N–H and O–H groups in total. The monoisotopic (exact) mass is 248 g/mol. The van der Waals surface area contributed by atoms with Crippen LogP contribution in [0, 0.1) is 6.92 Å². The van der Waals surface area contributed by atoms with Gasteiger partial charge in [0.2, 0.25) is 0 Å². The van der Waals surface area contributed by atoms with E-state index in [2.05, 4.69) is 62.4 Å². The van der Waals surface area contributed by atoms with Gasteiger partial charge in [-0.05, 0) is 48.4 Å². The zero-order valence-electron chi connectivity index (χ0n) is 11.7. The van der Waals surface area contributed by atoms with Crippen LogP contribution in [0.15, 0.2) is 54.1 Å². The van der Waals surface area contributed by atoms with Crippen molar-refractivity contribution in [1.29, 1.82) is 0 Å². The molecule has 96 valence electrons. The van der Waals surface area contributed by atoms with Gasteiger partial charge in [0.15, 0.2) is 0 Å². The van der Waals surface area contributed by atoms with Crippen molar-refractivity contribution in [2.24, 2.45) is 0 Å². The van der Waals surface area contributed by atoms with Crippen LogP contribution in [0.3, 0.4) is 0 Å². The van der Waals surface area contributed by atoms with Crippen molar-refractivity contribution in [3.63, 3.8) is 0 Å². The molecule has 0 amide bonds. The molecule has 2 aromatic carbocycles. The first-order valence-electron chi connectivity index (χ1n) is 7.17. The second kappa shape index (κ2) is 5.05. The molecule has 0 saturated carbocycles. The van der Waals surface area contributed by atoms with Gasteiger partial charge in [0.25, 0.3) is 0 Å². The molecular weight excluding hydrogens is 228 g/mol. The maximum Gasteiger partial charge on any atom is -0.0117 e. The molecule has 1 aliphatic carbocycles. The third-order valence-corrected chi connectivity index (χ3v) is 4.07. The second-order valence-electron chi connectivity index (χ2n) is 5.36. The minimum atomic E-state index is 1.15. The molecule has 0 bridgehead atoms. The number of allylic oxidation sites excluding steroid dienone is 1. The summed E-state index contributed by atoms with van der Waals surface area (Å²) in [5.74, 6) is 0. The molecule has 0 aromatic heterocycles. The van der Waals surface area contributed by atoms with E-state index >= 15 is 0 Å². The molecule has 0 heterocycles. The highest BCUT2D eigenvalue weighted by Gasteiger charge is 2.18. The standard InChI is InChI=1S/C19H20/c1-3-15-11-12-16-8-4-5-10-18(16)19(15)17-9-6-7-14(2)13-17/h4-10,13H,3,11-12H2,1-2H3. The summed E-state index contributed by atoms with van der Waals surface area (Å²) in [6.07, 6.45) is 3.54. The van der Waals surface area contributed by atoms with Gasteiger partial charge < -0.3 is 0 Å². The number of rotatable bonds is 2. The van der Waals surface area contributed by atoms with Gasteiger partial charge in [-0.15, -0.1) is 0 Å². The van der Waals surface area contributed by atoms with Crippen LogP contribution >= 0.6 is 0 Å². The Labute approximate surface area is 115 Å². The second-order valence-corrected chi connectivity index (χ2v) is 5.36. The van der Waals surface area contributed by atoms with Crippen molar-refractivity contribution in [1.82, 2.24) is 0 Å². The summed E-state index contributed by atoms with van der Waals surface area (Å²) < 4.78 is 0. The summed E-state index contributed by atoms with van der Waals surface area (Å²) in [6.45, 7) is 4.45. The highest BCUT2D eigenvalue weighted by atomic mass is 14.2. The lowest BCUT2D eigenvalue weighted by Gasteiger charge is -2.23. The van der Waals surface area contributed by atoms with E-state index in [0.29, 0.717) is 0 Å². The van der Waals surface area contributed by atoms with Gasteiger partial charge in [0, 0.05) is 0 Å². The van der Waals surface area contributed by atoms with E-state index in [0.717, 1.165) is 6.42 Å². The topological polar surface area (TPSA) is 0 Å². The highest BCUT2D eigenvalue weighted by Crippen LogP contribution is 2.37. The van der Waals surface area contributed by atoms with Crippen LogP contribution in [0.5, 0.6) is 0 Å². The third kappa shape index (κ3) is 2.23. The smallest absolute Gasteiger partial charge is 0.0117 e. The molecule has 0 nitrogen and oxygen atoms in total. The van der Waals surface area contributed by atoms with Crippen LogP contribution in [0.1, 0.15) is 42.0 Å². The van der Waals surface area contributed by atoms with Crippen molar-refractivity contribution >= 4 is 5.57 Å². The quantitative estimate of drug-likeness (QED) is 0.689. The van der Waals surface area contributed by atoms with Gasteiger partial charge in [-0.2, -0.15) is 0 Å². The summed E-state index contributed by atoms with van der Waals surface area (Å²) in [5, 5.41) is 0. The SMILES string of the molecule is CCC1=C(c2cccc(C)c2)c2ccccc2CC1. The Balaban J connectivity index is 2.22. The summed E-state index contributed by atoms with van der Waals surface area (Å²) in [6, 6.07) is 17.8. The zero-order chi connectivity index (χ0) is 13.2. The van der Waals surface area contributed by atoms with Crippen LogP contribution < -0.4 is 0 Å².